The van der Waals surface area contributed by atoms with E-state index < -0.39 is 0 Å². The number of nitrogens with zero attached hydrogens (tertiary/aromatic N) is 1. The Bertz CT molecular complexity index is 579. The van der Waals surface area contributed by atoms with E-state index in [0.717, 1.165) is 11.3 Å². The first-order chi connectivity index (χ1) is 9.86. The van der Waals surface area contributed by atoms with Gasteiger partial charge in [0.1, 0.15) is 5.78 Å². The van der Waals surface area contributed by atoms with E-state index in [2.05, 4.69) is 56.9 Å². The van der Waals surface area contributed by atoms with Gasteiger partial charge in [-0.1, -0.05) is 52.0 Å². The molecule has 1 unspecified atom stereocenters. The van der Waals surface area contributed by atoms with Gasteiger partial charge in [0.2, 0.25) is 0 Å². The van der Waals surface area contributed by atoms with E-state index in [0.29, 0.717) is 12.8 Å². The summed E-state index contributed by atoms with van der Waals surface area (Å²) in [5, 5.41) is 2.02. The molecule has 0 bridgehead atoms. The molecule has 0 aliphatic rings. The van der Waals surface area contributed by atoms with E-state index in [4.69, 9.17) is 0 Å². The van der Waals surface area contributed by atoms with Crippen LogP contribution in [0.5, 0.6) is 0 Å². The number of thiazole rings is 1. The van der Waals surface area contributed by atoms with Gasteiger partial charge in [-0.3, -0.25) is 4.79 Å². The van der Waals surface area contributed by atoms with Crippen molar-refractivity contribution >= 4 is 17.1 Å². The number of aromatic nitrogens is 1. The molecule has 0 saturated heterocycles. The van der Waals surface area contributed by atoms with Crippen molar-refractivity contribution in [1.29, 1.82) is 0 Å². The van der Waals surface area contributed by atoms with Crippen LogP contribution in [0.25, 0.3) is 0 Å². The van der Waals surface area contributed by atoms with Gasteiger partial charge in [0, 0.05) is 24.1 Å². The van der Waals surface area contributed by atoms with Gasteiger partial charge in [0.05, 0.1) is 11.2 Å². The van der Waals surface area contributed by atoms with Crippen LogP contribution in [0.4, 0.5) is 0 Å². The third-order valence-electron chi connectivity index (χ3n) is 3.71. The van der Waals surface area contributed by atoms with Gasteiger partial charge in [-0.25, -0.2) is 4.98 Å². The summed E-state index contributed by atoms with van der Waals surface area (Å²) in [5.74, 6) is 0.483. The number of rotatable bonds is 5. The molecule has 0 saturated carbocycles. The Morgan fingerprint density at radius 3 is 2.43 bits per heavy atom. The van der Waals surface area contributed by atoms with Crippen LogP contribution in [0.1, 0.15) is 56.9 Å². The van der Waals surface area contributed by atoms with Gasteiger partial charge in [0.25, 0.3) is 0 Å². The van der Waals surface area contributed by atoms with E-state index in [1.165, 1.54) is 5.56 Å². The fourth-order valence-electron chi connectivity index (χ4n) is 2.33. The molecule has 0 fully saturated rings. The molecule has 0 radical (unpaired) electrons. The van der Waals surface area contributed by atoms with E-state index in [1.54, 1.807) is 11.3 Å². The molecular formula is C18H23NOS. The number of benzene rings is 1. The summed E-state index contributed by atoms with van der Waals surface area (Å²) in [6.07, 6.45) is 1.07. The fourth-order valence-corrected chi connectivity index (χ4v) is 3.01. The molecule has 2 rings (SSSR count). The summed E-state index contributed by atoms with van der Waals surface area (Å²) in [7, 11) is 0. The summed E-state index contributed by atoms with van der Waals surface area (Å²) in [6.45, 7) is 8.66. The highest BCUT2D eigenvalue weighted by atomic mass is 32.1. The number of carbonyl (C=O) groups excluding carboxylic acids is 1. The topological polar surface area (TPSA) is 30.0 Å². The number of carbonyl (C=O) groups is 1. The minimum atomic E-state index is 0.154. The highest BCUT2D eigenvalue weighted by Crippen LogP contribution is 2.23. The number of Topliss-reactive ketones (excluding diaryl/α,β-unsaturated/α-hetero) is 1. The lowest BCUT2D eigenvalue weighted by Crippen LogP contribution is -2.11. The number of ketones is 1. The molecule has 1 atom stereocenters. The molecule has 0 N–H and O–H groups in total. The Balaban J connectivity index is 1.94. The molecule has 2 nitrogen and oxygen atoms in total. The van der Waals surface area contributed by atoms with Gasteiger partial charge in [-0.05, 0) is 16.5 Å². The summed E-state index contributed by atoms with van der Waals surface area (Å²) in [5.41, 5.74) is 5.40. The molecule has 2 aromatic rings. The Labute approximate surface area is 131 Å². The third-order valence-corrected chi connectivity index (χ3v) is 4.32. The van der Waals surface area contributed by atoms with Crippen LogP contribution in [-0.2, 0) is 16.6 Å². The highest BCUT2D eigenvalue weighted by Gasteiger charge is 2.15. The zero-order valence-corrected chi connectivity index (χ0v) is 14.0. The first-order valence-electron chi connectivity index (χ1n) is 7.35. The molecule has 0 amide bonds. The normalized spacial score (nSPS) is 13.1. The fraction of sp³-hybridized carbons (Fsp3) is 0.444. The largest absolute Gasteiger partial charge is 0.299 e. The average molecular weight is 301 g/mol. The monoisotopic (exact) mass is 301 g/mol. The lowest BCUT2D eigenvalue weighted by Gasteiger charge is -2.19. The van der Waals surface area contributed by atoms with Crippen molar-refractivity contribution in [3.8, 4) is 0 Å². The van der Waals surface area contributed by atoms with Crippen LogP contribution in [0.2, 0.25) is 0 Å². The van der Waals surface area contributed by atoms with Gasteiger partial charge in [-0.2, -0.15) is 0 Å². The summed E-state index contributed by atoms with van der Waals surface area (Å²) in [4.78, 5) is 16.5. The lowest BCUT2D eigenvalue weighted by atomic mass is 9.86. The van der Waals surface area contributed by atoms with Crippen molar-refractivity contribution < 1.29 is 4.79 Å². The molecule has 112 valence electrons. The number of hydrogen-bond donors (Lipinski definition) is 0. The first-order valence-corrected chi connectivity index (χ1v) is 8.30. The molecule has 21 heavy (non-hydrogen) atoms. The second-order valence-corrected chi connectivity index (χ2v) is 7.40. The lowest BCUT2D eigenvalue weighted by molar-refractivity contribution is -0.118. The Morgan fingerprint density at radius 2 is 1.90 bits per heavy atom. The molecule has 0 aliphatic heterocycles. The Kier molecular flexibility index (Phi) is 4.94. The molecule has 0 aliphatic carbocycles. The standard InChI is InChI=1S/C18H23NOS/c1-13(17-11-21-12-19-17)9-16(20)10-14-5-7-15(8-6-14)18(2,3)4/h5-8,11-13H,9-10H2,1-4H3. The predicted octanol–water partition coefficient (Wildman–Crippen LogP) is 4.75. The SMILES string of the molecule is CC(CC(=O)Cc1ccc(C(C)(C)C)cc1)c1cscn1. The Morgan fingerprint density at radius 1 is 1.24 bits per heavy atom. The predicted molar refractivity (Wildman–Crippen MR) is 89.0 cm³/mol. The second-order valence-electron chi connectivity index (χ2n) is 6.68. The smallest absolute Gasteiger partial charge is 0.137 e. The number of hydrogen-bond acceptors (Lipinski definition) is 3. The van der Waals surface area contributed by atoms with Crippen molar-refractivity contribution in [2.45, 2.75) is 51.9 Å². The average Bonchev–Trinajstić information content (AvgIpc) is 2.92. The Hall–Kier alpha value is -1.48. The molecule has 1 aromatic carbocycles. The summed E-state index contributed by atoms with van der Waals surface area (Å²) < 4.78 is 0. The van der Waals surface area contributed by atoms with Gasteiger partial charge >= 0.3 is 0 Å². The molecule has 3 heteroatoms. The maximum atomic E-state index is 12.2. The second kappa shape index (κ2) is 6.52. The van der Waals surface area contributed by atoms with Crippen LogP contribution in [0, 0.1) is 0 Å². The molecule has 1 heterocycles. The van der Waals surface area contributed by atoms with Crippen molar-refractivity contribution in [3.05, 3.63) is 52.0 Å². The maximum Gasteiger partial charge on any atom is 0.137 e. The van der Waals surface area contributed by atoms with Crippen LogP contribution in [-0.4, -0.2) is 10.8 Å². The van der Waals surface area contributed by atoms with Crippen LogP contribution < -0.4 is 0 Å². The first kappa shape index (κ1) is 15.9. The van der Waals surface area contributed by atoms with Crippen LogP contribution in [0.3, 0.4) is 0 Å². The maximum absolute atomic E-state index is 12.2. The molecule has 1 aromatic heterocycles. The third kappa shape index (κ3) is 4.50. The molecule has 0 spiro atoms. The van der Waals surface area contributed by atoms with E-state index in [1.807, 2.05) is 10.9 Å². The van der Waals surface area contributed by atoms with E-state index in [9.17, 15) is 4.79 Å². The minimum absolute atomic E-state index is 0.154. The quantitative estimate of drug-likeness (QED) is 0.798. The zero-order chi connectivity index (χ0) is 15.5. The summed E-state index contributed by atoms with van der Waals surface area (Å²) in [6, 6.07) is 8.41. The van der Waals surface area contributed by atoms with Crippen LogP contribution >= 0.6 is 11.3 Å². The van der Waals surface area contributed by atoms with E-state index >= 15 is 0 Å². The van der Waals surface area contributed by atoms with Crippen molar-refractivity contribution in [1.82, 2.24) is 4.98 Å². The van der Waals surface area contributed by atoms with Crippen molar-refractivity contribution in [2.24, 2.45) is 0 Å². The van der Waals surface area contributed by atoms with Gasteiger partial charge in [-0.15, -0.1) is 11.3 Å². The summed E-state index contributed by atoms with van der Waals surface area (Å²) >= 11 is 1.58. The van der Waals surface area contributed by atoms with Crippen LogP contribution in [0.15, 0.2) is 35.2 Å². The van der Waals surface area contributed by atoms with Crippen molar-refractivity contribution in [2.75, 3.05) is 0 Å². The van der Waals surface area contributed by atoms with Crippen molar-refractivity contribution in [3.63, 3.8) is 0 Å². The zero-order valence-electron chi connectivity index (χ0n) is 13.2. The molecular weight excluding hydrogens is 278 g/mol. The van der Waals surface area contributed by atoms with Gasteiger partial charge in [0.15, 0.2) is 0 Å². The highest BCUT2D eigenvalue weighted by molar-refractivity contribution is 7.07. The van der Waals surface area contributed by atoms with E-state index in [-0.39, 0.29) is 17.1 Å². The minimum Gasteiger partial charge on any atom is -0.299 e. The van der Waals surface area contributed by atoms with Gasteiger partial charge < -0.3 is 0 Å².